The van der Waals surface area contributed by atoms with Crippen molar-refractivity contribution >= 4 is 23.6 Å². The molecule has 1 aromatic carbocycles. The number of nitrogens with one attached hydrogen (secondary N) is 2. The maximum Gasteiger partial charge on any atom is 0.320 e. The van der Waals surface area contributed by atoms with Crippen LogP contribution >= 0.6 is 11.8 Å². The molecule has 1 atom stereocenters. The molecule has 6 heteroatoms. The zero-order chi connectivity index (χ0) is 14.8. The van der Waals surface area contributed by atoms with Crippen molar-refractivity contribution in [3.05, 3.63) is 41.6 Å². The van der Waals surface area contributed by atoms with Crippen LogP contribution in [0.4, 0.5) is 10.6 Å². The molecule has 2 amide bonds. The first-order chi connectivity index (χ1) is 10.1. The van der Waals surface area contributed by atoms with Crippen molar-refractivity contribution in [2.24, 2.45) is 7.05 Å². The number of fused-ring (bicyclic) bond motifs is 1. The summed E-state index contributed by atoms with van der Waals surface area (Å²) in [6.45, 7) is 1.90. The van der Waals surface area contributed by atoms with Crippen molar-refractivity contribution in [1.29, 1.82) is 0 Å². The Hall–Kier alpha value is -1.95. The Morgan fingerprint density at radius 2 is 2.24 bits per heavy atom. The van der Waals surface area contributed by atoms with Gasteiger partial charge in [0.15, 0.2) is 0 Å². The summed E-state index contributed by atoms with van der Waals surface area (Å²) in [7, 11) is 1.81. The van der Waals surface area contributed by atoms with Gasteiger partial charge in [-0.05, 0) is 25.0 Å². The van der Waals surface area contributed by atoms with Crippen LogP contribution in [0.5, 0.6) is 0 Å². The quantitative estimate of drug-likeness (QED) is 0.896. The van der Waals surface area contributed by atoms with E-state index in [1.54, 1.807) is 4.68 Å². The smallest absolute Gasteiger partial charge is 0.320 e. The van der Waals surface area contributed by atoms with E-state index < -0.39 is 0 Å². The number of anilines is 1. The molecule has 0 radical (unpaired) electrons. The third-order valence-corrected chi connectivity index (χ3v) is 4.63. The average molecular weight is 302 g/mol. The van der Waals surface area contributed by atoms with E-state index >= 15 is 0 Å². The van der Waals surface area contributed by atoms with Crippen molar-refractivity contribution in [2.75, 3.05) is 11.1 Å². The van der Waals surface area contributed by atoms with Gasteiger partial charge >= 0.3 is 6.03 Å². The van der Waals surface area contributed by atoms with Gasteiger partial charge in [0.25, 0.3) is 0 Å². The van der Waals surface area contributed by atoms with E-state index in [9.17, 15) is 4.79 Å². The summed E-state index contributed by atoms with van der Waals surface area (Å²) in [5.74, 6) is 1.72. The number of carbonyl (C=O) groups is 1. The van der Waals surface area contributed by atoms with Crippen molar-refractivity contribution in [3.8, 4) is 0 Å². The lowest BCUT2D eigenvalue weighted by Crippen LogP contribution is -2.34. The topological polar surface area (TPSA) is 59.0 Å². The summed E-state index contributed by atoms with van der Waals surface area (Å²) in [4.78, 5) is 13.4. The first-order valence-electron chi connectivity index (χ1n) is 6.93. The molecule has 1 unspecified atom stereocenters. The van der Waals surface area contributed by atoms with Gasteiger partial charge in [0.1, 0.15) is 5.82 Å². The Bertz CT molecular complexity index is 667. The molecule has 2 aromatic rings. The summed E-state index contributed by atoms with van der Waals surface area (Å²) in [5, 5.41) is 10.1. The van der Waals surface area contributed by atoms with E-state index in [4.69, 9.17) is 0 Å². The molecular formula is C15H18N4OS. The lowest BCUT2D eigenvalue weighted by molar-refractivity contribution is 0.248. The Morgan fingerprint density at radius 3 is 3.00 bits per heavy atom. The van der Waals surface area contributed by atoms with E-state index in [1.807, 2.05) is 43.9 Å². The summed E-state index contributed by atoms with van der Waals surface area (Å²) in [5.41, 5.74) is 2.08. The number of carbonyl (C=O) groups excluding carboxylic acids is 1. The highest BCUT2D eigenvalue weighted by Crippen LogP contribution is 2.35. The molecule has 0 bridgehead atoms. The molecule has 3 rings (SSSR count). The van der Waals surface area contributed by atoms with Crippen LogP contribution in [0.3, 0.4) is 0 Å². The maximum absolute atomic E-state index is 12.2. The van der Waals surface area contributed by atoms with Crippen molar-refractivity contribution in [3.63, 3.8) is 0 Å². The standard InChI is InChI=1S/C15H18N4OS/c1-10-9-14(19(2)18-10)17-15(20)16-12-7-8-21-13-6-4-3-5-11(12)13/h3-6,9,12H,7-8H2,1-2H3,(H2,16,17,20). The highest BCUT2D eigenvalue weighted by molar-refractivity contribution is 7.99. The van der Waals surface area contributed by atoms with E-state index in [-0.39, 0.29) is 12.1 Å². The molecule has 1 aliphatic rings. The number of hydrogen-bond donors (Lipinski definition) is 2. The van der Waals surface area contributed by atoms with E-state index in [0.29, 0.717) is 5.82 Å². The minimum atomic E-state index is -0.190. The normalized spacial score (nSPS) is 17.1. The fraction of sp³-hybridized carbons (Fsp3) is 0.333. The van der Waals surface area contributed by atoms with Gasteiger partial charge in [-0.3, -0.25) is 10.00 Å². The third kappa shape index (κ3) is 3.05. The van der Waals surface area contributed by atoms with Crippen LogP contribution in [0, 0.1) is 6.92 Å². The number of aromatic nitrogens is 2. The Balaban J connectivity index is 1.70. The van der Waals surface area contributed by atoms with Crippen LogP contribution < -0.4 is 10.6 Å². The van der Waals surface area contributed by atoms with Crippen molar-refractivity contribution in [1.82, 2.24) is 15.1 Å². The van der Waals surface area contributed by atoms with Crippen LogP contribution in [-0.2, 0) is 7.05 Å². The van der Waals surface area contributed by atoms with Crippen LogP contribution in [0.25, 0.3) is 0 Å². The lowest BCUT2D eigenvalue weighted by atomic mass is 10.0. The van der Waals surface area contributed by atoms with E-state index in [0.717, 1.165) is 17.9 Å². The van der Waals surface area contributed by atoms with Gasteiger partial charge in [-0.25, -0.2) is 4.79 Å². The molecule has 0 fully saturated rings. The summed E-state index contributed by atoms with van der Waals surface area (Å²) in [6, 6.07) is 9.97. The SMILES string of the molecule is Cc1cc(NC(=O)NC2CCSc3ccccc32)n(C)n1. The number of rotatable bonds is 2. The molecule has 2 N–H and O–H groups in total. The van der Waals surface area contributed by atoms with E-state index in [2.05, 4.69) is 27.9 Å². The van der Waals surface area contributed by atoms with Crippen LogP contribution in [0.2, 0.25) is 0 Å². The summed E-state index contributed by atoms with van der Waals surface area (Å²) in [6.07, 6.45) is 0.944. The van der Waals surface area contributed by atoms with Crippen LogP contribution in [0.1, 0.15) is 23.7 Å². The largest absolute Gasteiger partial charge is 0.331 e. The summed E-state index contributed by atoms with van der Waals surface area (Å²) < 4.78 is 1.67. The Kier molecular flexibility index (Phi) is 3.88. The molecule has 1 aromatic heterocycles. The van der Waals surface area contributed by atoms with Crippen LogP contribution in [-0.4, -0.2) is 21.6 Å². The predicted molar refractivity (Wildman–Crippen MR) is 84.6 cm³/mol. The fourth-order valence-electron chi connectivity index (χ4n) is 2.53. The van der Waals surface area contributed by atoms with Crippen molar-refractivity contribution in [2.45, 2.75) is 24.3 Å². The van der Waals surface area contributed by atoms with Gasteiger partial charge in [-0.1, -0.05) is 18.2 Å². The van der Waals surface area contributed by atoms with Gasteiger partial charge in [-0.2, -0.15) is 5.10 Å². The predicted octanol–water partition coefficient (Wildman–Crippen LogP) is 3.09. The zero-order valence-electron chi connectivity index (χ0n) is 12.1. The second-order valence-electron chi connectivity index (χ2n) is 5.12. The summed E-state index contributed by atoms with van der Waals surface area (Å²) >= 11 is 1.84. The molecule has 2 heterocycles. The van der Waals surface area contributed by atoms with Gasteiger partial charge in [0, 0.05) is 23.8 Å². The fourth-order valence-corrected chi connectivity index (χ4v) is 3.66. The monoisotopic (exact) mass is 302 g/mol. The average Bonchev–Trinajstić information content (AvgIpc) is 2.77. The first kappa shape index (κ1) is 14.0. The molecular weight excluding hydrogens is 284 g/mol. The zero-order valence-corrected chi connectivity index (χ0v) is 12.9. The number of urea groups is 1. The Morgan fingerprint density at radius 1 is 1.43 bits per heavy atom. The highest BCUT2D eigenvalue weighted by Gasteiger charge is 2.22. The minimum Gasteiger partial charge on any atom is -0.331 e. The molecule has 0 saturated heterocycles. The number of nitrogens with zero attached hydrogens (tertiary/aromatic N) is 2. The molecule has 1 aliphatic heterocycles. The lowest BCUT2D eigenvalue weighted by Gasteiger charge is -2.25. The molecule has 0 spiro atoms. The van der Waals surface area contributed by atoms with Gasteiger partial charge in [-0.15, -0.1) is 11.8 Å². The number of thioether (sulfide) groups is 1. The molecule has 0 saturated carbocycles. The van der Waals surface area contributed by atoms with Crippen LogP contribution in [0.15, 0.2) is 35.2 Å². The van der Waals surface area contributed by atoms with Gasteiger partial charge < -0.3 is 5.32 Å². The molecule has 110 valence electrons. The van der Waals surface area contributed by atoms with Gasteiger partial charge in [0.05, 0.1) is 11.7 Å². The number of hydrogen-bond acceptors (Lipinski definition) is 3. The van der Waals surface area contributed by atoms with E-state index in [1.165, 1.54) is 10.5 Å². The third-order valence-electron chi connectivity index (χ3n) is 3.51. The molecule has 0 aliphatic carbocycles. The molecule has 21 heavy (non-hydrogen) atoms. The Labute approximate surface area is 128 Å². The first-order valence-corrected chi connectivity index (χ1v) is 7.92. The minimum absolute atomic E-state index is 0.0665. The molecule has 5 nitrogen and oxygen atoms in total. The van der Waals surface area contributed by atoms with Gasteiger partial charge in [0.2, 0.25) is 0 Å². The number of aryl methyl sites for hydroxylation is 2. The second kappa shape index (κ2) is 5.81. The number of amides is 2. The highest BCUT2D eigenvalue weighted by atomic mass is 32.2. The van der Waals surface area contributed by atoms with Crippen molar-refractivity contribution < 1.29 is 4.79 Å². The maximum atomic E-state index is 12.2. The number of benzene rings is 1. The second-order valence-corrected chi connectivity index (χ2v) is 6.26.